The summed E-state index contributed by atoms with van der Waals surface area (Å²) in [4.78, 5) is 8.54. The van der Waals surface area contributed by atoms with Gasteiger partial charge in [-0.2, -0.15) is 4.98 Å². The molecule has 1 aliphatic carbocycles. The third-order valence-electron chi connectivity index (χ3n) is 3.61. The third kappa shape index (κ3) is 3.08. The van der Waals surface area contributed by atoms with Gasteiger partial charge in [0.2, 0.25) is 5.88 Å². The second-order valence-electron chi connectivity index (χ2n) is 4.89. The highest BCUT2D eigenvalue weighted by Gasteiger charge is 2.22. The van der Waals surface area contributed by atoms with E-state index in [4.69, 9.17) is 4.74 Å². The highest BCUT2D eigenvalue weighted by Crippen LogP contribution is 2.31. The van der Waals surface area contributed by atoms with E-state index in [1.54, 1.807) is 7.11 Å². The first-order valence-corrected chi connectivity index (χ1v) is 6.32. The normalized spacial score (nSPS) is 23.7. The first-order valence-electron chi connectivity index (χ1n) is 6.32. The Morgan fingerprint density at radius 3 is 2.88 bits per heavy atom. The molecule has 4 nitrogen and oxygen atoms in total. The number of hydrogen-bond donors (Lipinski definition) is 1. The molecule has 0 radical (unpaired) electrons. The summed E-state index contributed by atoms with van der Waals surface area (Å²) in [5.74, 6) is 3.84. The molecule has 2 atom stereocenters. The van der Waals surface area contributed by atoms with E-state index in [0.29, 0.717) is 5.88 Å². The molecule has 1 aliphatic rings. The standard InChI is InChI=1S/C13H21N3O/c1-9-5-4-6-11(9)8-14-12-7-13(17-3)16-10(2)15-12/h7,9,11H,4-6,8H2,1-3H3,(H,14,15,16). The molecule has 1 aromatic heterocycles. The van der Waals surface area contributed by atoms with E-state index in [1.165, 1.54) is 19.3 Å². The van der Waals surface area contributed by atoms with Gasteiger partial charge in [-0.3, -0.25) is 0 Å². The Balaban J connectivity index is 1.96. The van der Waals surface area contributed by atoms with Gasteiger partial charge in [0.15, 0.2) is 0 Å². The van der Waals surface area contributed by atoms with Crippen LogP contribution in [0.2, 0.25) is 0 Å². The molecule has 1 fully saturated rings. The smallest absolute Gasteiger partial charge is 0.218 e. The van der Waals surface area contributed by atoms with E-state index in [-0.39, 0.29) is 0 Å². The molecule has 0 spiro atoms. The van der Waals surface area contributed by atoms with Crippen LogP contribution in [0.4, 0.5) is 5.82 Å². The topological polar surface area (TPSA) is 47.0 Å². The first kappa shape index (κ1) is 12.1. The van der Waals surface area contributed by atoms with Crippen molar-refractivity contribution in [1.82, 2.24) is 9.97 Å². The summed E-state index contributed by atoms with van der Waals surface area (Å²) in [6.07, 6.45) is 4.05. The number of rotatable bonds is 4. The van der Waals surface area contributed by atoms with Gasteiger partial charge in [-0.25, -0.2) is 4.98 Å². The Morgan fingerprint density at radius 1 is 1.41 bits per heavy atom. The Hall–Kier alpha value is -1.32. The minimum absolute atomic E-state index is 0.625. The van der Waals surface area contributed by atoms with Gasteiger partial charge in [0.05, 0.1) is 7.11 Å². The zero-order valence-electron chi connectivity index (χ0n) is 10.9. The Labute approximate surface area is 103 Å². The number of nitrogens with one attached hydrogen (secondary N) is 1. The summed E-state index contributed by atoms with van der Waals surface area (Å²) < 4.78 is 5.14. The van der Waals surface area contributed by atoms with Crippen LogP contribution < -0.4 is 10.1 Å². The quantitative estimate of drug-likeness (QED) is 0.871. The molecular formula is C13H21N3O. The van der Waals surface area contributed by atoms with Crippen LogP contribution in [0.3, 0.4) is 0 Å². The average molecular weight is 235 g/mol. The molecule has 94 valence electrons. The fourth-order valence-corrected chi connectivity index (χ4v) is 2.50. The highest BCUT2D eigenvalue weighted by molar-refractivity contribution is 5.38. The Morgan fingerprint density at radius 2 is 2.24 bits per heavy atom. The van der Waals surface area contributed by atoms with Crippen LogP contribution in [0, 0.1) is 18.8 Å². The maximum absolute atomic E-state index is 5.14. The molecule has 17 heavy (non-hydrogen) atoms. The second-order valence-corrected chi connectivity index (χ2v) is 4.89. The van der Waals surface area contributed by atoms with Crippen LogP contribution >= 0.6 is 0 Å². The van der Waals surface area contributed by atoms with Crippen LogP contribution in [0.15, 0.2) is 6.07 Å². The molecule has 2 unspecified atom stereocenters. The van der Waals surface area contributed by atoms with Gasteiger partial charge in [-0.1, -0.05) is 19.8 Å². The predicted molar refractivity (Wildman–Crippen MR) is 68.3 cm³/mol. The maximum Gasteiger partial charge on any atom is 0.218 e. The number of hydrogen-bond acceptors (Lipinski definition) is 4. The van der Waals surface area contributed by atoms with Gasteiger partial charge in [-0.15, -0.1) is 0 Å². The van der Waals surface area contributed by atoms with Crippen LogP contribution in [-0.4, -0.2) is 23.6 Å². The van der Waals surface area contributed by atoms with Crippen LogP contribution in [0.5, 0.6) is 5.88 Å². The summed E-state index contributed by atoms with van der Waals surface area (Å²) in [6.45, 7) is 5.22. The number of nitrogens with zero attached hydrogens (tertiary/aromatic N) is 2. The molecule has 0 amide bonds. The second kappa shape index (κ2) is 5.34. The number of aryl methyl sites for hydroxylation is 1. The van der Waals surface area contributed by atoms with Crippen molar-refractivity contribution < 1.29 is 4.74 Å². The summed E-state index contributed by atoms with van der Waals surface area (Å²) >= 11 is 0. The maximum atomic E-state index is 5.14. The van der Waals surface area contributed by atoms with E-state index in [1.807, 2.05) is 13.0 Å². The van der Waals surface area contributed by atoms with Crippen molar-refractivity contribution in [3.63, 3.8) is 0 Å². The van der Waals surface area contributed by atoms with Gasteiger partial charge < -0.3 is 10.1 Å². The zero-order valence-corrected chi connectivity index (χ0v) is 10.9. The molecule has 2 rings (SSSR count). The molecule has 0 aliphatic heterocycles. The number of methoxy groups -OCH3 is 1. The Bertz CT molecular complexity index is 381. The lowest BCUT2D eigenvalue weighted by Gasteiger charge is -2.16. The van der Waals surface area contributed by atoms with E-state index in [9.17, 15) is 0 Å². The molecule has 0 saturated heterocycles. The summed E-state index contributed by atoms with van der Waals surface area (Å²) in [5.41, 5.74) is 0. The van der Waals surface area contributed by atoms with Gasteiger partial charge >= 0.3 is 0 Å². The third-order valence-corrected chi connectivity index (χ3v) is 3.61. The fourth-order valence-electron chi connectivity index (χ4n) is 2.50. The zero-order chi connectivity index (χ0) is 12.3. The van der Waals surface area contributed by atoms with Crippen LogP contribution in [-0.2, 0) is 0 Å². The van der Waals surface area contributed by atoms with E-state index in [2.05, 4.69) is 22.2 Å². The highest BCUT2D eigenvalue weighted by atomic mass is 16.5. The summed E-state index contributed by atoms with van der Waals surface area (Å²) in [6, 6.07) is 1.85. The summed E-state index contributed by atoms with van der Waals surface area (Å²) in [7, 11) is 1.63. The molecular weight excluding hydrogens is 214 g/mol. The van der Waals surface area contributed by atoms with Gasteiger partial charge in [-0.05, 0) is 25.2 Å². The molecule has 1 heterocycles. The van der Waals surface area contributed by atoms with Crippen molar-refractivity contribution in [2.45, 2.75) is 33.1 Å². The van der Waals surface area contributed by atoms with Crippen molar-refractivity contribution in [3.05, 3.63) is 11.9 Å². The predicted octanol–water partition coefficient (Wildman–Crippen LogP) is 2.64. The number of anilines is 1. The minimum Gasteiger partial charge on any atom is -0.481 e. The van der Waals surface area contributed by atoms with Crippen molar-refractivity contribution in [3.8, 4) is 5.88 Å². The lowest BCUT2D eigenvalue weighted by molar-refractivity contribution is 0.395. The number of ether oxygens (including phenoxy) is 1. The lowest BCUT2D eigenvalue weighted by atomic mass is 9.98. The number of aromatic nitrogens is 2. The summed E-state index contributed by atoms with van der Waals surface area (Å²) in [5, 5.41) is 3.40. The average Bonchev–Trinajstić information content (AvgIpc) is 2.71. The Kier molecular flexibility index (Phi) is 3.82. The van der Waals surface area contributed by atoms with Crippen molar-refractivity contribution in [2.24, 2.45) is 11.8 Å². The fraction of sp³-hybridized carbons (Fsp3) is 0.692. The van der Waals surface area contributed by atoms with E-state index >= 15 is 0 Å². The largest absolute Gasteiger partial charge is 0.481 e. The first-order chi connectivity index (χ1) is 8.19. The SMILES string of the molecule is COc1cc(NCC2CCCC2C)nc(C)n1. The minimum atomic E-state index is 0.625. The van der Waals surface area contributed by atoms with Crippen molar-refractivity contribution in [1.29, 1.82) is 0 Å². The van der Waals surface area contributed by atoms with Gasteiger partial charge in [0, 0.05) is 12.6 Å². The van der Waals surface area contributed by atoms with Crippen molar-refractivity contribution >= 4 is 5.82 Å². The molecule has 1 aromatic rings. The van der Waals surface area contributed by atoms with E-state index < -0.39 is 0 Å². The van der Waals surface area contributed by atoms with E-state index in [0.717, 1.165) is 30.0 Å². The lowest BCUT2D eigenvalue weighted by Crippen LogP contribution is -2.17. The molecule has 0 bridgehead atoms. The van der Waals surface area contributed by atoms with Crippen LogP contribution in [0.1, 0.15) is 32.0 Å². The monoisotopic (exact) mass is 235 g/mol. The molecule has 0 aromatic carbocycles. The molecule has 1 N–H and O–H groups in total. The molecule has 1 saturated carbocycles. The molecule has 4 heteroatoms. The van der Waals surface area contributed by atoms with Crippen LogP contribution in [0.25, 0.3) is 0 Å². The van der Waals surface area contributed by atoms with Gasteiger partial charge in [0.25, 0.3) is 0 Å². The van der Waals surface area contributed by atoms with Crippen molar-refractivity contribution in [2.75, 3.05) is 19.0 Å². The van der Waals surface area contributed by atoms with Gasteiger partial charge in [0.1, 0.15) is 11.6 Å².